The Hall–Kier alpha value is -3.06. The van der Waals surface area contributed by atoms with Gasteiger partial charge in [-0.2, -0.15) is 9.97 Å². The molecule has 0 saturated carbocycles. The summed E-state index contributed by atoms with van der Waals surface area (Å²) in [6.07, 6.45) is -3.16. The lowest BCUT2D eigenvalue weighted by Gasteiger charge is -2.27. The van der Waals surface area contributed by atoms with E-state index in [9.17, 15) is 29.2 Å². The summed E-state index contributed by atoms with van der Waals surface area (Å²) in [7, 11) is 1.38. The summed E-state index contributed by atoms with van der Waals surface area (Å²) < 4.78 is 37.2. The Morgan fingerprint density at radius 3 is 2.69 bits per heavy atom. The van der Waals surface area contributed by atoms with Crippen LogP contribution in [0.5, 0.6) is 5.88 Å². The fourth-order valence-electron chi connectivity index (χ4n) is 4.25. The maximum atomic E-state index is 13.9. The van der Waals surface area contributed by atoms with Crippen LogP contribution >= 0.6 is 18.1 Å². The summed E-state index contributed by atoms with van der Waals surface area (Å²) in [5.74, 6) is -1.53. The minimum Gasteiger partial charge on any atom is -0.479 e. The minimum absolute atomic E-state index is 0.0932. The standard InChI is InChI=1S/C22H33N8O10PS/c1-9(2)39-18(33)10(3)29-41(36,42-7-11-16(32)27-21(34)25-11)38-6-12-14(31)22(4,35)19(40-12)30-8-24-13-15(30)26-20(23)28-17(13)37-5/h8-12,14,19,31,35H,6-7H2,1-5H3,(H,29,36)(H2,23,26,28)(H2,25,27,32,34)/t10-,11-,12-,14-,19-,22-,41-/m1/s1. The Balaban J connectivity index is 1.53. The second-order valence-electron chi connectivity index (χ2n) is 10.1. The van der Waals surface area contributed by atoms with E-state index in [-0.39, 0.29) is 28.7 Å². The number of urea groups is 1. The molecule has 232 valence electrons. The van der Waals surface area contributed by atoms with Crippen LogP contribution in [0.25, 0.3) is 11.2 Å². The van der Waals surface area contributed by atoms with E-state index in [0.717, 1.165) is 0 Å². The summed E-state index contributed by atoms with van der Waals surface area (Å²) in [4.78, 5) is 48.2. The number of carbonyl (C=O) groups is 3. The number of amides is 3. The zero-order valence-electron chi connectivity index (χ0n) is 23.3. The zero-order chi connectivity index (χ0) is 31.0. The van der Waals surface area contributed by atoms with Gasteiger partial charge in [-0.1, -0.05) is 11.4 Å². The van der Waals surface area contributed by atoms with Crippen LogP contribution in [-0.4, -0.2) is 103 Å². The molecule has 20 heteroatoms. The van der Waals surface area contributed by atoms with Crippen LogP contribution in [0, 0.1) is 0 Å². The smallest absolute Gasteiger partial charge is 0.327 e. The quantitative estimate of drug-likeness (QED) is 0.0972. The first-order valence-electron chi connectivity index (χ1n) is 12.7. The number of hydrogen-bond donors (Lipinski definition) is 6. The maximum absolute atomic E-state index is 13.9. The molecule has 7 atom stereocenters. The molecule has 18 nitrogen and oxygen atoms in total. The SMILES string of the molecule is COc1nc(N)nc2c1ncn2[C@@H]1O[C@H](CO[P@](=O)(N[C@H](C)C(=O)OC(C)C)SC[C@H]2NC(=O)NC2=O)[C@@H](O)[C@@]1(C)O. The van der Waals surface area contributed by atoms with Crippen LogP contribution < -0.4 is 26.2 Å². The maximum Gasteiger partial charge on any atom is 0.327 e. The number of aromatic nitrogens is 4. The van der Waals surface area contributed by atoms with E-state index in [1.54, 1.807) is 13.8 Å². The normalized spacial score (nSPS) is 28.0. The number of anilines is 1. The molecule has 2 aromatic heterocycles. The molecule has 0 unspecified atom stereocenters. The van der Waals surface area contributed by atoms with Crippen LogP contribution in [0.4, 0.5) is 10.7 Å². The number of aliphatic hydroxyl groups is 2. The largest absolute Gasteiger partial charge is 0.479 e. The Bertz CT molecular complexity index is 1410. The Morgan fingerprint density at radius 1 is 1.36 bits per heavy atom. The third-order valence-corrected chi connectivity index (χ3v) is 10.5. The predicted octanol–water partition coefficient (Wildman–Crippen LogP) is -0.578. The number of esters is 1. The number of ether oxygens (including phenoxy) is 3. The lowest BCUT2D eigenvalue weighted by atomic mass is 9.96. The summed E-state index contributed by atoms with van der Waals surface area (Å²) in [5.41, 5.74) is 4.26. The highest BCUT2D eigenvalue weighted by Gasteiger charge is 2.54. The molecule has 42 heavy (non-hydrogen) atoms. The number of fused-ring (bicyclic) bond motifs is 1. The minimum atomic E-state index is -4.04. The van der Waals surface area contributed by atoms with Crippen LogP contribution in [0.1, 0.15) is 33.9 Å². The van der Waals surface area contributed by atoms with Gasteiger partial charge in [0.05, 0.1) is 26.1 Å². The number of hydrogen-bond acceptors (Lipinski definition) is 15. The highest BCUT2D eigenvalue weighted by molar-refractivity contribution is 8.56. The number of carbonyl (C=O) groups excluding carboxylic acids is 3. The molecule has 4 rings (SSSR count). The van der Waals surface area contributed by atoms with Crippen molar-refractivity contribution in [2.45, 2.75) is 69.9 Å². The second-order valence-corrected chi connectivity index (χ2v) is 14.4. The van der Waals surface area contributed by atoms with Gasteiger partial charge in [-0.15, -0.1) is 0 Å². The first kappa shape index (κ1) is 31.9. The van der Waals surface area contributed by atoms with Gasteiger partial charge < -0.3 is 40.0 Å². The molecule has 7 N–H and O–H groups in total. The van der Waals surface area contributed by atoms with Crippen molar-refractivity contribution in [1.82, 2.24) is 35.2 Å². The van der Waals surface area contributed by atoms with Gasteiger partial charge in [-0.05, 0) is 27.7 Å². The molecule has 2 saturated heterocycles. The number of nitrogens with zero attached hydrogens (tertiary/aromatic N) is 4. The highest BCUT2D eigenvalue weighted by atomic mass is 32.7. The number of aliphatic hydroxyl groups excluding tert-OH is 1. The third-order valence-electron chi connectivity index (χ3n) is 6.34. The van der Waals surface area contributed by atoms with E-state index in [1.807, 2.05) is 0 Å². The van der Waals surface area contributed by atoms with Crippen molar-refractivity contribution in [3.63, 3.8) is 0 Å². The number of nitrogens with two attached hydrogens (primary N) is 1. The number of imidazole rings is 1. The van der Waals surface area contributed by atoms with E-state index in [4.69, 9.17) is 24.5 Å². The van der Waals surface area contributed by atoms with Gasteiger partial charge in [-0.3, -0.25) is 24.0 Å². The molecule has 0 aromatic carbocycles. The number of rotatable bonds is 12. The number of nitrogen functional groups attached to an aromatic ring is 1. The van der Waals surface area contributed by atoms with E-state index >= 15 is 0 Å². The molecule has 3 amide bonds. The van der Waals surface area contributed by atoms with Gasteiger partial charge in [0.1, 0.15) is 29.9 Å². The molecule has 0 aliphatic carbocycles. The van der Waals surface area contributed by atoms with Crippen LogP contribution in [0.2, 0.25) is 0 Å². The predicted molar refractivity (Wildman–Crippen MR) is 147 cm³/mol. The monoisotopic (exact) mass is 632 g/mol. The third kappa shape index (κ3) is 6.61. The van der Waals surface area contributed by atoms with E-state index in [2.05, 4.69) is 30.7 Å². The van der Waals surface area contributed by atoms with Crippen LogP contribution in [0.15, 0.2) is 6.33 Å². The molecule has 0 spiro atoms. The van der Waals surface area contributed by atoms with E-state index in [0.29, 0.717) is 11.4 Å². The van der Waals surface area contributed by atoms with Gasteiger partial charge in [0.15, 0.2) is 17.4 Å². The first-order chi connectivity index (χ1) is 19.6. The molecule has 2 fully saturated rings. The van der Waals surface area contributed by atoms with Crippen molar-refractivity contribution in [2.24, 2.45) is 0 Å². The lowest BCUT2D eigenvalue weighted by Crippen LogP contribution is -2.44. The van der Waals surface area contributed by atoms with Gasteiger partial charge >= 0.3 is 18.7 Å². The van der Waals surface area contributed by atoms with Crippen molar-refractivity contribution in [1.29, 1.82) is 0 Å². The Labute approximate surface area is 243 Å². The van der Waals surface area contributed by atoms with Crippen molar-refractivity contribution in [3.8, 4) is 5.88 Å². The van der Waals surface area contributed by atoms with Gasteiger partial charge in [0.2, 0.25) is 11.8 Å². The van der Waals surface area contributed by atoms with E-state index < -0.39 is 73.5 Å². The summed E-state index contributed by atoms with van der Waals surface area (Å²) in [6.45, 7) is 1.48. The molecular formula is C22H33N8O10PS. The molecule has 0 bridgehead atoms. The fourth-order valence-corrected chi connectivity index (χ4v) is 8.12. The van der Waals surface area contributed by atoms with Gasteiger partial charge in [-0.25, -0.2) is 14.9 Å². The Morgan fingerprint density at radius 2 is 2.07 bits per heavy atom. The van der Waals surface area contributed by atoms with Crippen molar-refractivity contribution < 1.29 is 47.9 Å². The summed E-state index contributed by atoms with van der Waals surface area (Å²) >= 11 is 0.661. The fraction of sp³-hybridized carbons (Fsp3) is 0.636. The first-order valence-corrected chi connectivity index (χ1v) is 16.0. The molecule has 2 aromatic rings. The second kappa shape index (κ2) is 12.3. The van der Waals surface area contributed by atoms with Crippen molar-refractivity contribution >= 4 is 53.1 Å². The Kier molecular flexibility index (Phi) is 9.31. The van der Waals surface area contributed by atoms with Crippen LogP contribution in [-0.2, 0) is 28.2 Å². The topological polar surface area (TPSA) is 251 Å². The molecule has 0 radical (unpaired) electrons. The average Bonchev–Trinajstić information content (AvgIpc) is 3.53. The van der Waals surface area contributed by atoms with Crippen molar-refractivity contribution in [2.75, 3.05) is 25.2 Å². The van der Waals surface area contributed by atoms with Gasteiger partial charge in [0, 0.05) is 5.75 Å². The van der Waals surface area contributed by atoms with Crippen molar-refractivity contribution in [3.05, 3.63) is 6.33 Å². The van der Waals surface area contributed by atoms with Gasteiger partial charge in [0.25, 0.3) is 5.91 Å². The average molecular weight is 633 g/mol. The number of methoxy groups -OCH3 is 1. The van der Waals surface area contributed by atoms with Crippen LogP contribution in [0.3, 0.4) is 0 Å². The molecule has 4 heterocycles. The number of nitrogens with one attached hydrogen (secondary N) is 3. The highest BCUT2D eigenvalue weighted by Crippen LogP contribution is 2.57. The molecule has 2 aliphatic heterocycles. The number of imide groups is 1. The zero-order valence-corrected chi connectivity index (χ0v) is 25.0. The molecular weight excluding hydrogens is 599 g/mol. The summed E-state index contributed by atoms with van der Waals surface area (Å²) in [5, 5.41) is 29.3. The lowest BCUT2D eigenvalue weighted by molar-refractivity contribution is -0.149. The molecule has 2 aliphatic rings. The van der Waals surface area contributed by atoms with E-state index in [1.165, 1.54) is 31.9 Å². The summed E-state index contributed by atoms with van der Waals surface area (Å²) in [6, 6.07) is -2.80.